The van der Waals surface area contributed by atoms with Crippen molar-refractivity contribution in [2.24, 2.45) is 0 Å². The van der Waals surface area contributed by atoms with Crippen molar-refractivity contribution in [1.82, 2.24) is 9.21 Å². The number of nitrogens with zero attached hydrogens (tertiary/aromatic N) is 2. The molecule has 3 rings (SSSR count). The Morgan fingerprint density at radius 1 is 1.08 bits per heavy atom. The Kier molecular flexibility index (Phi) is 5.08. The smallest absolute Gasteiger partial charge is 0.328 e. The first kappa shape index (κ1) is 17.9. The van der Waals surface area contributed by atoms with E-state index < -0.39 is 27.9 Å². The summed E-state index contributed by atoms with van der Waals surface area (Å²) in [5.74, 6) is -2.10. The van der Waals surface area contributed by atoms with Crippen LogP contribution in [0.4, 0.5) is 0 Å². The number of aliphatic carboxylic acids is 1. The van der Waals surface area contributed by atoms with E-state index in [0.29, 0.717) is 13.2 Å². The third-order valence-corrected chi connectivity index (χ3v) is 5.80. The zero-order chi connectivity index (χ0) is 18.0. The van der Waals surface area contributed by atoms with Gasteiger partial charge in [-0.25, -0.2) is 13.2 Å². The largest absolute Gasteiger partial charge is 0.480 e. The van der Waals surface area contributed by atoms with Gasteiger partial charge in [0.1, 0.15) is 0 Å². The minimum absolute atomic E-state index is 0.0854. The van der Waals surface area contributed by atoms with Crippen molar-refractivity contribution in [2.75, 3.05) is 46.1 Å². The van der Waals surface area contributed by atoms with Crippen molar-refractivity contribution in [1.29, 1.82) is 0 Å². The molecule has 10 nitrogen and oxygen atoms in total. The maximum atomic E-state index is 12.5. The van der Waals surface area contributed by atoms with E-state index in [0.717, 1.165) is 4.90 Å². The van der Waals surface area contributed by atoms with E-state index in [9.17, 15) is 23.1 Å². The fourth-order valence-corrected chi connectivity index (χ4v) is 4.00. The van der Waals surface area contributed by atoms with Gasteiger partial charge in [-0.2, -0.15) is 4.31 Å². The number of furan rings is 1. The second-order valence-corrected chi connectivity index (χ2v) is 7.43. The van der Waals surface area contributed by atoms with Gasteiger partial charge in [0.25, 0.3) is 15.9 Å². The van der Waals surface area contributed by atoms with Crippen LogP contribution in [0.3, 0.4) is 0 Å². The predicted octanol–water partition coefficient (Wildman–Crippen LogP) is -0.774. The molecule has 2 saturated heterocycles. The van der Waals surface area contributed by atoms with Crippen LogP contribution in [0.25, 0.3) is 0 Å². The average molecular weight is 374 g/mol. The number of carbonyl (C=O) groups is 2. The minimum atomic E-state index is -3.86. The Balaban J connectivity index is 1.80. The van der Waals surface area contributed by atoms with Crippen LogP contribution in [0.15, 0.2) is 21.6 Å². The maximum absolute atomic E-state index is 12.5. The molecular weight excluding hydrogens is 356 g/mol. The molecule has 1 N–H and O–H groups in total. The highest BCUT2D eigenvalue weighted by molar-refractivity contribution is 7.89. The van der Waals surface area contributed by atoms with Gasteiger partial charge in [-0.05, 0) is 12.1 Å². The van der Waals surface area contributed by atoms with Crippen LogP contribution in [-0.4, -0.2) is 86.7 Å². The molecule has 1 aromatic heterocycles. The molecule has 2 aliphatic rings. The third-order valence-electron chi connectivity index (χ3n) is 4.03. The second-order valence-electron chi connectivity index (χ2n) is 5.56. The Labute approximate surface area is 143 Å². The summed E-state index contributed by atoms with van der Waals surface area (Å²) in [6.07, 6.45) is 0. The molecule has 0 bridgehead atoms. The minimum Gasteiger partial charge on any atom is -0.480 e. The molecule has 11 heteroatoms. The molecule has 0 aliphatic carbocycles. The molecule has 0 spiro atoms. The second kappa shape index (κ2) is 7.12. The lowest BCUT2D eigenvalue weighted by atomic mass is 10.2. The Hall–Kier alpha value is -1.95. The number of morpholine rings is 2. The summed E-state index contributed by atoms with van der Waals surface area (Å²) in [5, 5.41) is 8.84. The van der Waals surface area contributed by atoms with E-state index in [1.54, 1.807) is 0 Å². The lowest BCUT2D eigenvalue weighted by Crippen LogP contribution is -2.52. The van der Waals surface area contributed by atoms with Crippen LogP contribution >= 0.6 is 0 Å². The molecular formula is C14H18N2O8S. The molecule has 1 atom stereocenters. The summed E-state index contributed by atoms with van der Waals surface area (Å²) in [6.45, 7) is 1.16. The highest BCUT2D eigenvalue weighted by Crippen LogP contribution is 2.22. The number of rotatable bonds is 4. The molecule has 25 heavy (non-hydrogen) atoms. The molecule has 0 radical (unpaired) electrons. The van der Waals surface area contributed by atoms with Crippen molar-refractivity contribution < 1.29 is 37.0 Å². The maximum Gasteiger partial charge on any atom is 0.328 e. The summed E-state index contributed by atoms with van der Waals surface area (Å²) in [4.78, 5) is 24.9. The average Bonchev–Trinajstić information content (AvgIpc) is 3.13. The van der Waals surface area contributed by atoms with Gasteiger partial charge in [0, 0.05) is 19.6 Å². The molecule has 0 aromatic carbocycles. The van der Waals surface area contributed by atoms with Gasteiger partial charge >= 0.3 is 5.97 Å². The number of carboxylic acids is 1. The van der Waals surface area contributed by atoms with Gasteiger partial charge < -0.3 is 23.9 Å². The topological polar surface area (TPSA) is 127 Å². The quantitative estimate of drug-likeness (QED) is 0.728. The van der Waals surface area contributed by atoms with E-state index in [1.165, 1.54) is 16.4 Å². The normalized spacial score (nSPS) is 22.7. The van der Waals surface area contributed by atoms with Crippen LogP contribution in [0.5, 0.6) is 0 Å². The highest BCUT2D eigenvalue weighted by atomic mass is 32.2. The van der Waals surface area contributed by atoms with Crippen LogP contribution < -0.4 is 0 Å². The van der Waals surface area contributed by atoms with Gasteiger partial charge in [-0.1, -0.05) is 0 Å². The van der Waals surface area contributed by atoms with E-state index in [2.05, 4.69) is 0 Å². The molecule has 2 fully saturated rings. The van der Waals surface area contributed by atoms with Crippen LogP contribution in [0.2, 0.25) is 0 Å². The van der Waals surface area contributed by atoms with E-state index >= 15 is 0 Å². The summed E-state index contributed by atoms with van der Waals surface area (Å²) >= 11 is 0. The van der Waals surface area contributed by atoms with Crippen molar-refractivity contribution in [3.63, 3.8) is 0 Å². The van der Waals surface area contributed by atoms with Crippen molar-refractivity contribution in [2.45, 2.75) is 11.1 Å². The Morgan fingerprint density at radius 2 is 1.76 bits per heavy atom. The lowest BCUT2D eigenvalue weighted by molar-refractivity contribution is -0.147. The number of carbonyl (C=O) groups excluding carboxylic acids is 1. The summed E-state index contributed by atoms with van der Waals surface area (Å²) in [7, 11) is -3.86. The number of hydrogen-bond donors (Lipinski definition) is 1. The van der Waals surface area contributed by atoms with Gasteiger partial charge in [-0.15, -0.1) is 0 Å². The summed E-state index contributed by atoms with van der Waals surface area (Å²) < 4.78 is 41.7. The molecule has 2 aliphatic heterocycles. The molecule has 3 heterocycles. The van der Waals surface area contributed by atoms with Gasteiger partial charge in [0.05, 0.1) is 26.4 Å². The van der Waals surface area contributed by atoms with Gasteiger partial charge in [0.2, 0.25) is 5.09 Å². The first-order valence-electron chi connectivity index (χ1n) is 7.70. The monoisotopic (exact) mass is 374 g/mol. The number of hydrogen-bond acceptors (Lipinski definition) is 7. The zero-order valence-electron chi connectivity index (χ0n) is 13.3. The van der Waals surface area contributed by atoms with Crippen LogP contribution in [-0.2, 0) is 24.3 Å². The van der Waals surface area contributed by atoms with Gasteiger partial charge in [-0.3, -0.25) is 4.79 Å². The number of amides is 1. The third kappa shape index (κ3) is 3.54. The molecule has 0 saturated carbocycles. The molecule has 1 amide bonds. The standard InChI is InChI=1S/C14H18N2O8S/c17-13(16-5-8-23-9-10(16)14(18)19)11-1-2-12(24-11)25(20,21)15-3-6-22-7-4-15/h1-2,10H,3-9H2,(H,18,19). The van der Waals surface area contributed by atoms with E-state index in [4.69, 9.17) is 13.9 Å². The molecule has 1 unspecified atom stereocenters. The summed E-state index contributed by atoms with van der Waals surface area (Å²) in [6, 6.07) is 1.31. The van der Waals surface area contributed by atoms with E-state index in [-0.39, 0.29) is 43.7 Å². The zero-order valence-corrected chi connectivity index (χ0v) is 14.1. The first-order valence-corrected chi connectivity index (χ1v) is 9.14. The van der Waals surface area contributed by atoms with Crippen molar-refractivity contribution in [3.05, 3.63) is 17.9 Å². The van der Waals surface area contributed by atoms with Crippen LogP contribution in [0, 0.1) is 0 Å². The van der Waals surface area contributed by atoms with Crippen LogP contribution in [0.1, 0.15) is 10.6 Å². The Bertz CT molecular complexity index is 753. The lowest BCUT2D eigenvalue weighted by Gasteiger charge is -2.32. The number of carboxylic acid groups (broad SMARTS) is 1. The van der Waals surface area contributed by atoms with Gasteiger partial charge in [0.15, 0.2) is 11.8 Å². The van der Waals surface area contributed by atoms with Crippen molar-refractivity contribution >= 4 is 21.9 Å². The molecule has 138 valence electrons. The SMILES string of the molecule is O=C(O)C1COCCN1C(=O)c1ccc(S(=O)(=O)N2CCOCC2)o1. The Morgan fingerprint density at radius 3 is 2.44 bits per heavy atom. The van der Waals surface area contributed by atoms with Crippen molar-refractivity contribution in [3.8, 4) is 0 Å². The molecule has 1 aromatic rings. The fourth-order valence-electron chi connectivity index (χ4n) is 2.68. The fraction of sp³-hybridized carbons (Fsp3) is 0.571. The van der Waals surface area contributed by atoms with E-state index in [1.807, 2.05) is 0 Å². The highest BCUT2D eigenvalue weighted by Gasteiger charge is 2.36. The number of ether oxygens (including phenoxy) is 2. The summed E-state index contributed by atoms with van der Waals surface area (Å²) in [5.41, 5.74) is 0. The number of sulfonamides is 1. The first-order chi connectivity index (χ1) is 11.9. The predicted molar refractivity (Wildman–Crippen MR) is 81.6 cm³/mol.